The second-order valence-corrected chi connectivity index (χ2v) is 6.13. The van der Waals surface area contributed by atoms with Crippen molar-refractivity contribution in [2.24, 2.45) is 4.99 Å². The van der Waals surface area contributed by atoms with E-state index >= 15 is 0 Å². The third-order valence-electron chi connectivity index (χ3n) is 3.19. The van der Waals surface area contributed by atoms with Crippen LogP contribution in [0.5, 0.6) is 0 Å². The Bertz CT molecular complexity index is 907. The SMILES string of the molecule is O=C1OC(c2cc([N+](=O)[O-])ccc2Cl)=N/C1=C\c1ccc(Br)cc1. The number of hydrogen-bond acceptors (Lipinski definition) is 5. The summed E-state index contributed by atoms with van der Waals surface area (Å²) in [7, 11) is 0. The summed E-state index contributed by atoms with van der Waals surface area (Å²) >= 11 is 9.36. The minimum Gasteiger partial charge on any atom is -0.402 e. The Morgan fingerprint density at radius 1 is 1.21 bits per heavy atom. The molecule has 2 aromatic rings. The van der Waals surface area contributed by atoms with Crippen LogP contribution in [0.1, 0.15) is 11.1 Å². The fourth-order valence-corrected chi connectivity index (χ4v) is 2.49. The molecule has 8 heteroatoms. The van der Waals surface area contributed by atoms with Crippen molar-refractivity contribution in [1.82, 2.24) is 0 Å². The van der Waals surface area contributed by atoms with Crippen LogP contribution in [0, 0.1) is 10.1 Å². The van der Waals surface area contributed by atoms with Crippen LogP contribution in [0.3, 0.4) is 0 Å². The van der Waals surface area contributed by atoms with Crippen LogP contribution in [0.4, 0.5) is 5.69 Å². The summed E-state index contributed by atoms with van der Waals surface area (Å²) in [6.07, 6.45) is 1.56. The smallest absolute Gasteiger partial charge is 0.363 e. The molecule has 2 aromatic carbocycles. The highest BCUT2D eigenvalue weighted by molar-refractivity contribution is 9.10. The number of rotatable bonds is 3. The number of non-ortho nitro benzene ring substituents is 1. The molecule has 1 aliphatic rings. The summed E-state index contributed by atoms with van der Waals surface area (Å²) < 4.78 is 6.01. The predicted molar refractivity (Wildman–Crippen MR) is 92.9 cm³/mol. The van der Waals surface area contributed by atoms with Crippen LogP contribution in [-0.2, 0) is 9.53 Å². The van der Waals surface area contributed by atoms with Gasteiger partial charge in [-0.05, 0) is 29.8 Å². The van der Waals surface area contributed by atoms with Gasteiger partial charge in [0.25, 0.3) is 5.69 Å². The van der Waals surface area contributed by atoms with E-state index in [2.05, 4.69) is 20.9 Å². The van der Waals surface area contributed by atoms with Gasteiger partial charge in [-0.25, -0.2) is 9.79 Å². The van der Waals surface area contributed by atoms with Gasteiger partial charge in [-0.2, -0.15) is 0 Å². The largest absolute Gasteiger partial charge is 0.402 e. The fourth-order valence-electron chi connectivity index (χ4n) is 2.03. The molecule has 0 N–H and O–H groups in total. The Kier molecular flexibility index (Phi) is 4.46. The number of halogens is 2. The van der Waals surface area contributed by atoms with Gasteiger partial charge in [0.1, 0.15) is 0 Å². The normalized spacial score (nSPS) is 15.3. The number of nitro groups is 1. The molecule has 0 atom stereocenters. The number of esters is 1. The minimum atomic E-state index is -0.643. The van der Waals surface area contributed by atoms with E-state index in [-0.39, 0.29) is 27.9 Å². The first-order valence-electron chi connectivity index (χ1n) is 6.66. The van der Waals surface area contributed by atoms with Crippen molar-refractivity contribution in [2.75, 3.05) is 0 Å². The monoisotopic (exact) mass is 406 g/mol. The van der Waals surface area contributed by atoms with Crippen molar-refractivity contribution in [3.8, 4) is 0 Å². The molecule has 0 radical (unpaired) electrons. The van der Waals surface area contributed by atoms with E-state index in [4.69, 9.17) is 16.3 Å². The lowest BCUT2D eigenvalue weighted by molar-refractivity contribution is -0.384. The Labute approximate surface area is 149 Å². The highest BCUT2D eigenvalue weighted by Gasteiger charge is 2.27. The topological polar surface area (TPSA) is 81.8 Å². The second-order valence-electron chi connectivity index (χ2n) is 4.81. The second kappa shape index (κ2) is 6.54. The molecule has 1 heterocycles. The van der Waals surface area contributed by atoms with E-state index in [1.54, 1.807) is 18.2 Å². The van der Waals surface area contributed by atoms with Crippen molar-refractivity contribution in [3.63, 3.8) is 0 Å². The van der Waals surface area contributed by atoms with E-state index in [9.17, 15) is 14.9 Å². The van der Waals surface area contributed by atoms with Gasteiger partial charge in [0.2, 0.25) is 5.90 Å². The molecule has 3 rings (SSSR count). The van der Waals surface area contributed by atoms with Crippen LogP contribution in [0.2, 0.25) is 5.02 Å². The standard InChI is InChI=1S/C16H8BrClN2O4/c17-10-3-1-9(2-4-10)7-14-16(21)24-15(19-14)12-8-11(20(22)23)5-6-13(12)18/h1-8H/b14-7-. The maximum Gasteiger partial charge on any atom is 0.363 e. The number of ether oxygens (including phenoxy) is 1. The van der Waals surface area contributed by atoms with Gasteiger partial charge in [-0.3, -0.25) is 10.1 Å². The Hall–Kier alpha value is -2.51. The van der Waals surface area contributed by atoms with Crippen LogP contribution in [0.25, 0.3) is 6.08 Å². The first-order valence-corrected chi connectivity index (χ1v) is 7.83. The molecule has 0 unspecified atom stereocenters. The molecule has 120 valence electrons. The van der Waals surface area contributed by atoms with Crippen molar-refractivity contribution in [1.29, 1.82) is 0 Å². The lowest BCUT2D eigenvalue weighted by Gasteiger charge is -2.02. The molecule has 1 aliphatic heterocycles. The molecule has 24 heavy (non-hydrogen) atoms. The van der Waals surface area contributed by atoms with Gasteiger partial charge in [-0.1, -0.05) is 39.7 Å². The Morgan fingerprint density at radius 2 is 1.92 bits per heavy atom. The van der Waals surface area contributed by atoms with Crippen molar-refractivity contribution >= 4 is 51.2 Å². The zero-order valence-corrected chi connectivity index (χ0v) is 14.2. The summed E-state index contributed by atoms with van der Waals surface area (Å²) in [5, 5.41) is 11.1. The van der Waals surface area contributed by atoms with Gasteiger partial charge >= 0.3 is 5.97 Å². The van der Waals surface area contributed by atoms with E-state index < -0.39 is 10.9 Å². The van der Waals surface area contributed by atoms with Gasteiger partial charge in [0.15, 0.2) is 5.70 Å². The van der Waals surface area contributed by atoms with Crippen molar-refractivity contribution in [2.45, 2.75) is 0 Å². The molecule has 0 amide bonds. The molecular formula is C16H8BrClN2O4. The lowest BCUT2D eigenvalue weighted by Crippen LogP contribution is -2.06. The van der Waals surface area contributed by atoms with Crippen LogP contribution in [-0.4, -0.2) is 16.8 Å². The van der Waals surface area contributed by atoms with E-state index in [1.165, 1.54) is 18.2 Å². The first kappa shape index (κ1) is 16.4. The van der Waals surface area contributed by atoms with Crippen LogP contribution >= 0.6 is 27.5 Å². The highest BCUT2D eigenvalue weighted by atomic mass is 79.9. The third kappa shape index (κ3) is 3.37. The number of cyclic esters (lactones) is 1. The van der Waals surface area contributed by atoms with Crippen LogP contribution < -0.4 is 0 Å². The molecule has 0 aliphatic carbocycles. The first-order chi connectivity index (χ1) is 11.4. The zero-order chi connectivity index (χ0) is 17.3. The van der Waals surface area contributed by atoms with E-state index in [0.717, 1.165) is 10.0 Å². The predicted octanol–water partition coefficient (Wildman–Crippen LogP) is 4.36. The maximum atomic E-state index is 12.0. The minimum absolute atomic E-state index is 0.0583. The summed E-state index contributed by atoms with van der Waals surface area (Å²) in [4.78, 5) is 26.4. The number of nitrogens with zero attached hydrogens (tertiary/aromatic N) is 2. The number of aliphatic imine (C=N–C) groups is 1. The van der Waals surface area contributed by atoms with Gasteiger partial charge in [-0.15, -0.1) is 0 Å². The molecule has 0 saturated carbocycles. The molecule has 0 aromatic heterocycles. The number of carbonyl (C=O) groups excluding carboxylic acids is 1. The molecule has 0 bridgehead atoms. The number of nitro benzene ring substituents is 1. The average Bonchev–Trinajstić information content (AvgIpc) is 2.90. The Balaban J connectivity index is 1.99. The number of benzene rings is 2. The highest BCUT2D eigenvalue weighted by Crippen LogP contribution is 2.27. The molecule has 0 spiro atoms. The lowest BCUT2D eigenvalue weighted by atomic mass is 10.2. The molecule has 6 nitrogen and oxygen atoms in total. The van der Waals surface area contributed by atoms with Gasteiger partial charge < -0.3 is 4.74 Å². The average molecular weight is 408 g/mol. The van der Waals surface area contributed by atoms with Gasteiger partial charge in [0.05, 0.1) is 15.5 Å². The third-order valence-corrected chi connectivity index (χ3v) is 4.04. The summed E-state index contributed by atoms with van der Waals surface area (Å²) in [5.41, 5.74) is 0.882. The van der Waals surface area contributed by atoms with Crippen molar-refractivity contribution < 1.29 is 14.5 Å². The Morgan fingerprint density at radius 3 is 2.58 bits per heavy atom. The number of carbonyl (C=O) groups is 1. The summed E-state index contributed by atoms with van der Waals surface area (Å²) in [6, 6.07) is 11.1. The fraction of sp³-hybridized carbons (Fsp3) is 0. The number of hydrogen-bond donors (Lipinski definition) is 0. The molecule has 0 fully saturated rings. The quantitative estimate of drug-likeness (QED) is 0.328. The van der Waals surface area contributed by atoms with Crippen molar-refractivity contribution in [3.05, 3.63) is 78.9 Å². The molecule has 0 saturated heterocycles. The van der Waals surface area contributed by atoms with Gasteiger partial charge in [0, 0.05) is 16.6 Å². The van der Waals surface area contributed by atoms with E-state index in [0.29, 0.717) is 0 Å². The molecular weight excluding hydrogens is 400 g/mol. The zero-order valence-electron chi connectivity index (χ0n) is 11.9. The summed E-state index contributed by atoms with van der Waals surface area (Å²) in [5.74, 6) is -0.701. The van der Waals surface area contributed by atoms with E-state index in [1.807, 2.05) is 12.1 Å². The van der Waals surface area contributed by atoms with Crippen LogP contribution in [0.15, 0.2) is 57.6 Å². The maximum absolute atomic E-state index is 12.0. The summed E-state index contributed by atoms with van der Waals surface area (Å²) in [6.45, 7) is 0.